The summed E-state index contributed by atoms with van der Waals surface area (Å²) >= 11 is 6.18. The number of hydrogen-bond acceptors (Lipinski definition) is 4. The zero-order chi connectivity index (χ0) is 13.7. The average molecular weight is 284 g/mol. The van der Waals surface area contributed by atoms with Crippen LogP contribution in [0, 0.1) is 0 Å². The molecular weight excluding hydrogens is 262 g/mol. The molecule has 1 aliphatic heterocycles. The number of ether oxygens (including phenoxy) is 1. The van der Waals surface area contributed by atoms with Gasteiger partial charge >= 0.3 is 0 Å². The Kier molecular flexibility index (Phi) is 5.43. The van der Waals surface area contributed by atoms with Crippen LogP contribution < -0.4 is 10.2 Å². The second-order valence-electron chi connectivity index (χ2n) is 4.87. The Labute approximate surface area is 120 Å². The van der Waals surface area contributed by atoms with E-state index in [2.05, 4.69) is 35.2 Å². The van der Waals surface area contributed by atoms with Crippen molar-refractivity contribution in [3.05, 3.63) is 22.8 Å². The smallest absolute Gasteiger partial charge is 0.128 e. The number of nitrogens with one attached hydrogen (secondary N) is 1. The lowest BCUT2D eigenvalue weighted by atomic mass is 10.1. The highest BCUT2D eigenvalue weighted by Crippen LogP contribution is 2.23. The lowest BCUT2D eigenvalue weighted by molar-refractivity contribution is 0.0853. The summed E-state index contributed by atoms with van der Waals surface area (Å²) in [5.41, 5.74) is 1.10. The lowest BCUT2D eigenvalue weighted by Crippen LogP contribution is -2.37. The topological polar surface area (TPSA) is 37.4 Å². The van der Waals surface area contributed by atoms with Crippen LogP contribution in [0.15, 0.2) is 12.3 Å². The minimum atomic E-state index is 0.509. The molecule has 0 aromatic carbocycles. The maximum atomic E-state index is 6.18. The largest absolute Gasteiger partial charge is 0.381 e. The van der Waals surface area contributed by atoms with E-state index in [0.717, 1.165) is 55.5 Å². The Morgan fingerprint density at radius 1 is 1.47 bits per heavy atom. The van der Waals surface area contributed by atoms with Crippen molar-refractivity contribution < 1.29 is 4.74 Å². The molecule has 2 rings (SSSR count). The van der Waals surface area contributed by atoms with E-state index < -0.39 is 0 Å². The lowest BCUT2D eigenvalue weighted by Gasteiger charge is -2.32. The summed E-state index contributed by atoms with van der Waals surface area (Å²) in [5, 5.41) is 4.03. The summed E-state index contributed by atoms with van der Waals surface area (Å²) < 4.78 is 5.40. The van der Waals surface area contributed by atoms with E-state index in [9.17, 15) is 0 Å². The van der Waals surface area contributed by atoms with Crippen molar-refractivity contribution in [2.24, 2.45) is 0 Å². The van der Waals surface area contributed by atoms with Gasteiger partial charge in [0.05, 0.1) is 5.02 Å². The van der Waals surface area contributed by atoms with Crippen LogP contribution >= 0.6 is 11.6 Å². The molecule has 1 aromatic rings. The molecule has 1 N–H and O–H groups in total. The number of aromatic nitrogens is 1. The Morgan fingerprint density at radius 2 is 2.21 bits per heavy atom. The Hall–Kier alpha value is -0.840. The summed E-state index contributed by atoms with van der Waals surface area (Å²) in [6, 6.07) is 2.59. The molecule has 0 saturated carbocycles. The van der Waals surface area contributed by atoms with E-state index in [1.165, 1.54) is 0 Å². The molecule has 19 heavy (non-hydrogen) atoms. The second kappa shape index (κ2) is 7.08. The summed E-state index contributed by atoms with van der Waals surface area (Å²) in [5.74, 6) is 0.990. The molecule has 1 fully saturated rings. The molecule has 1 aromatic heterocycles. The maximum Gasteiger partial charge on any atom is 0.128 e. The fourth-order valence-corrected chi connectivity index (χ4v) is 2.49. The van der Waals surface area contributed by atoms with E-state index >= 15 is 0 Å². The zero-order valence-corrected chi connectivity index (χ0v) is 12.4. The molecule has 0 spiro atoms. The summed E-state index contributed by atoms with van der Waals surface area (Å²) in [6.07, 6.45) is 3.87. The fraction of sp³-hybridized carbons (Fsp3) is 0.643. The molecule has 4 nitrogen and oxygen atoms in total. The highest BCUT2D eigenvalue weighted by molar-refractivity contribution is 6.31. The van der Waals surface area contributed by atoms with Gasteiger partial charge in [-0.3, -0.25) is 0 Å². The van der Waals surface area contributed by atoms with Crippen molar-refractivity contribution >= 4 is 17.4 Å². The number of rotatable bonds is 5. The van der Waals surface area contributed by atoms with Crippen LogP contribution in [0.1, 0.15) is 25.3 Å². The molecule has 0 unspecified atom stereocenters. The summed E-state index contributed by atoms with van der Waals surface area (Å²) in [6.45, 7) is 5.49. The predicted octanol–water partition coefficient (Wildman–Crippen LogP) is 2.46. The first-order valence-electron chi connectivity index (χ1n) is 6.88. The van der Waals surface area contributed by atoms with Gasteiger partial charge in [-0.05, 0) is 31.0 Å². The molecule has 0 atom stereocenters. The third-order valence-corrected chi connectivity index (χ3v) is 3.93. The summed E-state index contributed by atoms with van der Waals surface area (Å²) in [4.78, 5) is 6.69. The predicted molar refractivity (Wildman–Crippen MR) is 78.9 cm³/mol. The molecule has 1 saturated heterocycles. The molecule has 2 heterocycles. The van der Waals surface area contributed by atoms with Crippen LogP contribution in [-0.4, -0.2) is 37.8 Å². The maximum absolute atomic E-state index is 6.18. The van der Waals surface area contributed by atoms with Gasteiger partial charge in [0.2, 0.25) is 0 Å². The van der Waals surface area contributed by atoms with E-state index in [1.54, 1.807) is 6.20 Å². The van der Waals surface area contributed by atoms with Crippen LogP contribution in [0.5, 0.6) is 0 Å². The van der Waals surface area contributed by atoms with Gasteiger partial charge in [-0.15, -0.1) is 0 Å². The highest BCUT2D eigenvalue weighted by Gasteiger charge is 2.20. The van der Waals surface area contributed by atoms with Crippen LogP contribution in [0.3, 0.4) is 0 Å². The molecule has 0 bridgehead atoms. The molecule has 0 aliphatic carbocycles. The summed E-state index contributed by atoms with van der Waals surface area (Å²) in [7, 11) is 2.10. The highest BCUT2D eigenvalue weighted by atomic mass is 35.5. The molecule has 1 aliphatic rings. The number of nitrogens with zero attached hydrogens (tertiary/aromatic N) is 2. The number of anilines is 1. The molecule has 0 amide bonds. The normalized spacial score (nSPS) is 16.6. The van der Waals surface area contributed by atoms with E-state index in [1.807, 2.05) is 0 Å². The van der Waals surface area contributed by atoms with Crippen LogP contribution in [0.4, 0.5) is 5.82 Å². The van der Waals surface area contributed by atoms with Gasteiger partial charge in [0.1, 0.15) is 5.82 Å². The standard InChI is InChI=1S/C14H22ClN3O/c1-3-16-9-11-8-14(17-10-13(11)15)18(2)12-4-6-19-7-5-12/h8,10,12,16H,3-7,9H2,1-2H3. The molecule has 0 radical (unpaired) electrons. The second-order valence-corrected chi connectivity index (χ2v) is 5.28. The molecule has 106 valence electrons. The molecular formula is C14H22ClN3O. The fourth-order valence-electron chi connectivity index (χ4n) is 2.32. The van der Waals surface area contributed by atoms with Crippen molar-refractivity contribution in [2.75, 3.05) is 31.7 Å². The van der Waals surface area contributed by atoms with Gasteiger partial charge in [-0.1, -0.05) is 18.5 Å². The quantitative estimate of drug-likeness (QED) is 0.901. The van der Waals surface area contributed by atoms with Crippen molar-refractivity contribution in [3.63, 3.8) is 0 Å². The van der Waals surface area contributed by atoms with E-state index in [0.29, 0.717) is 6.04 Å². The first-order chi connectivity index (χ1) is 9.22. The van der Waals surface area contributed by atoms with E-state index in [-0.39, 0.29) is 0 Å². The van der Waals surface area contributed by atoms with Gasteiger partial charge in [0.15, 0.2) is 0 Å². The van der Waals surface area contributed by atoms with Gasteiger partial charge in [-0.25, -0.2) is 4.98 Å². The van der Waals surface area contributed by atoms with Crippen LogP contribution in [0.25, 0.3) is 0 Å². The van der Waals surface area contributed by atoms with Gasteiger partial charge in [0.25, 0.3) is 0 Å². The van der Waals surface area contributed by atoms with Gasteiger partial charge in [-0.2, -0.15) is 0 Å². The first kappa shape index (κ1) is 14.6. The molecule has 5 heteroatoms. The third kappa shape index (κ3) is 3.81. The first-order valence-corrected chi connectivity index (χ1v) is 7.26. The van der Waals surface area contributed by atoms with E-state index in [4.69, 9.17) is 16.3 Å². The minimum Gasteiger partial charge on any atom is -0.381 e. The Balaban J connectivity index is 2.10. The van der Waals surface area contributed by atoms with Crippen molar-refractivity contribution in [2.45, 2.75) is 32.4 Å². The number of halogens is 1. The van der Waals surface area contributed by atoms with Gasteiger partial charge < -0.3 is 15.0 Å². The minimum absolute atomic E-state index is 0.509. The third-order valence-electron chi connectivity index (χ3n) is 3.59. The average Bonchev–Trinajstić information content (AvgIpc) is 2.46. The SMILES string of the molecule is CCNCc1cc(N(C)C2CCOCC2)ncc1Cl. The van der Waals surface area contributed by atoms with Crippen molar-refractivity contribution in [1.82, 2.24) is 10.3 Å². The monoisotopic (exact) mass is 283 g/mol. The zero-order valence-electron chi connectivity index (χ0n) is 11.7. The van der Waals surface area contributed by atoms with Crippen LogP contribution in [0.2, 0.25) is 5.02 Å². The van der Waals surface area contributed by atoms with Crippen LogP contribution in [-0.2, 0) is 11.3 Å². The van der Waals surface area contributed by atoms with Gasteiger partial charge in [0, 0.05) is 39.0 Å². The Morgan fingerprint density at radius 3 is 2.89 bits per heavy atom. The number of hydrogen-bond donors (Lipinski definition) is 1. The van der Waals surface area contributed by atoms with Crippen molar-refractivity contribution in [3.8, 4) is 0 Å². The number of pyridine rings is 1. The van der Waals surface area contributed by atoms with Crippen molar-refractivity contribution in [1.29, 1.82) is 0 Å². The Bertz CT molecular complexity index is 408.